The van der Waals surface area contributed by atoms with Crippen LogP contribution in [0, 0.1) is 5.82 Å². The molecule has 0 saturated heterocycles. The second-order valence-electron chi connectivity index (χ2n) is 5.60. The van der Waals surface area contributed by atoms with Gasteiger partial charge in [-0.2, -0.15) is 0 Å². The van der Waals surface area contributed by atoms with Crippen LogP contribution < -0.4 is 10.1 Å². The summed E-state index contributed by atoms with van der Waals surface area (Å²) in [5.74, 6) is 0.159. The summed E-state index contributed by atoms with van der Waals surface area (Å²) in [4.78, 5) is 12.5. The zero-order chi connectivity index (χ0) is 16.2. The van der Waals surface area contributed by atoms with Crippen LogP contribution in [0.4, 0.5) is 4.39 Å². The molecule has 22 heavy (non-hydrogen) atoms. The van der Waals surface area contributed by atoms with Crippen LogP contribution in [0.2, 0.25) is 0 Å². The molecular weight excluding hydrogens is 281 g/mol. The maximum atomic E-state index is 13.6. The van der Waals surface area contributed by atoms with Gasteiger partial charge in [-0.15, -0.1) is 0 Å². The second-order valence-corrected chi connectivity index (χ2v) is 5.60. The van der Waals surface area contributed by atoms with E-state index in [2.05, 4.69) is 5.32 Å². The average Bonchev–Trinajstić information content (AvgIpc) is 2.53. The summed E-state index contributed by atoms with van der Waals surface area (Å²) < 4.78 is 18.9. The van der Waals surface area contributed by atoms with Crippen LogP contribution in [0.5, 0.6) is 5.75 Å². The van der Waals surface area contributed by atoms with E-state index in [0.717, 1.165) is 5.56 Å². The number of ether oxygens (including phenoxy) is 1. The summed E-state index contributed by atoms with van der Waals surface area (Å²) in [5, 5.41) is 2.80. The van der Waals surface area contributed by atoms with Crippen molar-refractivity contribution in [3.05, 3.63) is 65.5 Å². The van der Waals surface area contributed by atoms with Crippen LogP contribution in [0.3, 0.4) is 0 Å². The molecule has 3 nitrogen and oxygen atoms in total. The van der Waals surface area contributed by atoms with E-state index >= 15 is 0 Å². The number of amides is 1. The summed E-state index contributed by atoms with van der Waals surface area (Å²) in [6, 6.07) is 13.8. The number of halogens is 1. The van der Waals surface area contributed by atoms with Crippen molar-refractivity contribution in [3.8, 4) is 5.75 Å². The van der Waals surface area contributed by atoms with Crippen LogP contribution in [0.25, 0.3) is 0 Å². The van der Waals surface area contributed by atoms with Gasteiger partial charge in [0.15, 0.2) is 0 Å². The molecule has 0 aliphatic rings. The first kappa shape index (κ1) is 16.0. The van der Waals surface area contributed by atoms with Crippen LogP contribution in [-0.2, 0) is 16.8 Å². The van der Waals surface area contributed by atoms with Gasteiger partial charge in [-0.25, -0.2) is 4.39 Å². The Morgan fingerprint density at radius 2 is 1.77 bits per heavy atom. The van der Waals surface area contributed by atoms with Gasteiger partial charge in [0.1, 0.15) is 11.6 Å². The van der Waals surface area contributed by atoms with Crippen molar-refractivity contribution in [2.75, 3.05) is 7.11 Å². The molecule has 2 aromatic carbocycles. The van der Waals surface area contributed by atoms with Crippen molar-refractivity contribution < 1.29 is 13.9 Å². The van der Waals surface area contributed by atoms with Crippen LogP contribution in [0.15, 0.2) is 48.5 Å². The molecule has 0 aliphatic carbocycles. The molecule has 1 amide bonds. The van der Waals surface area contributed by atoms with Gasteiger partial charge in [0.2, 0.25) is 5.91 Å². The van der Waals surface area contributed by atoms with E-state index in [1.54, 1.807) is 25.3 Å². The molecule has 0 saturated carbocycles. The lowest BCUT2D eigenvalue weighted by Gasteiger charge is -2.26. The molecule has 0 aromatic heterocycles. The summed E-state index contributed by atoms with van der Waals surface area (Å²) >= 11 is 0. The fourth-order valence-corrected chi connectivity index (χ4v) is 2.32. The maximum absolute atomic E-state index is 13.6. The van der Waals surface area contributed by atoms with Gasteiger partial charge < -0.3 is 10.1 Å². The second kappa shape index (κ2) is 6.60. The largest absolute Gasteiger partial charge is 0.496 e. The minimum atomic E-state index is -0.780. The predicted molar refractivity (Wildman–Crippen MR) is 84.3 cm³/mol. The first-order valence-corrected chi connectivity index (χ1v) is 7.12. The third-order valence-corrected chi connectivity index (χ3v) is 3.75. The van der Waals surface area contributed by atoms with Crippen molar-refractivity contribution in [1.29, 1.82) is 0 Å². The normalized spacial score (nSPS) is 11.1. The van der Waals surface area contributed by atoms with Gasteiger partial charge >= 0.3 is 0 Å². The predicted octanol–water partition coefficient (Wildman–Crippen LogP) is 3.43. The quantitative estimate of drug-likeness (QED) is 0.919. The zero-order valence-corrected chi connectivity index (χ0v) is 13.0. The Labute approximate surface area is 130 Å². The minimum Gasteiger partial charge on any atom is -0.496 e. The van der Waals surface area contributed by atoms with E-state index in [4.69, 9.17) is 4.74 Å². The van der Waals surface area contributed by atoms with E-state index in [-0.39, 0.29) is 18.3 Å². The Morgan fingerprint density at radius 1 is 1.14 bits per heavy atom. The Bertz CT molecular complexity index is 668. The molecule has 2 rings (SSSR count). The minimum absolute atomic E-state index is 0.157. The lowest BCUT2D eigenvalue weighted by atomic mass is 9.83. The molecule has 0 spiro atoms. The van der Waals surface area contributed by atoms with E-state index in [1.807, 2.05) is 38.1 Å². The first-order valence-electron chi connectivity index (χ1n) is 7.12. The average molecular weight is 301 g/mol. The molecule has 1 N–H and O–H groups in total. The van der Waals surface area contributed by atoms with Crippen molar-refractivity contribution >= 4 is 5.91 Å². The van der Waals surface area contributed by atoms with Crippen molar-refractivity contribution in [2.45, 2.75) is 25.8 Å². The topological polar surface area (TPSA) is 38.3 Å². The Balaban J connectivity index is 2.15. The van der Waals surface area contributed by atoms with Gasteiger partial charge in [0, 0.05) is 17.7 Å². The Hall–Kier alpha value is -2.36. The lowest BCUT2D eigenvalue weighted by molar-refractivity contribution is -0.125. The third kappa shape index (κ3) is 3.27. The van der Waals surface area contributed by atoms with Gasteiger partial charge in [0.05, 0.1) is 12.5 Å². The van der Waals surface area contributed by atoms with E-state index in [1.165, 1.54) is 6.07 Å². The number of carbonyl (C=O) groups excluding carboxylic acids is 1. The molecule has 0 unspecified atom stereocenters. The molecule has 0 heterocycles. The van der Waals surface area contributed by atoms with Crippen molar-refractivity contribution in [2.24, 2.45) is 0 Å². The van der Waals surface area contributed by atoms with Crippen LogP contribution >= 0.6 is 0 Å². The maximum Gasteiger partial charge on any atom is 0.230 e. The Morgan fingerprint density at radius 3 is 2.45 bits per heavy atom. The Kier molecular flexibility index (Phi) is 4.81. The number of methoxy groups -OCH3 is 1. The highest BCUT2D eigenvalue weighted by Crippen LogP contribution is 2.31. The molecular formula is C18H20FNO2. The molecule has 0 aliphatic heterocycles. The van der Waals surface area contributed by atoms with Gasteiger partial charge in [-0.1, -0.05) is 36.4 Å². The molecule has 116 valence electrons. The van der Waals surface area contributed by atoms with Crippen LogP contribution in [-0.4, -0.2) is 13.0 Å². The highest BCUT2D eigenvalue weighted by Gasteiger charge is 2.32. The fourth-order valence-electron chi connectivity index (χ4n) is 2.32. The highest BCUT2D eigenvalue weighted by atomic mass is 19.1. The monoisotopic (exact) mass is 301 g/mol. The van der Waals surface area contributed by atoms with Gasteiger partial charge in [-0.05, 0) is 26.0 Å². The highest BCUT2D eigenvalue weighted by molar-refractivity contribution is 5.88. The van der Waals surface area contributed by atoms with Crippen molar-refractivity contribution in [3.63, 3.8) is 0 Å². The molecule has 0 bridgehead atoms. The SMILES string of the molecule is COc1ccccc1C(C)(C)C(=O)NCc1ccccc1F. The smallest absolute Gasteiger partial charge is 0.230 e. The molecule has 0 radical (unpaired) electrons. The van der Waals surface area contributed by atoms with Crippen LogP contribution in [0.1, 0.15) is 25.0 Å². The van der Waals surface area contributed by atoms with Gasteiger partial charge in [-0.3, -0.25) is 4.79 Å². The summed E-state index contributed by atoms with van der Waals surface area (Å²) in [6.45, 7) is 3.80. The number of nitrogens with one attached hydrogen (secondary N) is 1. The molecule has 0 fully saturated rings. The number of benzene rings is 2. The summed E-state index contributed by atoms with van der Waals surface area (Å²) in [6.07, 6.45) is 0. The molecule has 4 heteroatoms. The summed E-state index contributed by atoms with van der Waals surface area (Å²) in [7, 11) is 1.58. The standard InChI is InChI=1S/C18H20FNO2/c1-18(2,14-9-5-7-11-16(14)22-3)17(21)20-12-13-8-4-6-10-15(13)19/h4-11H,12H2,1-3H3,(H,20,21). The zero-order valence-electron chi connectivity index (χ0n) is 13.0. The number of hydrogen-bond acceptors (Lipinski definition) is 2. The number of hydrogen-bond donors (Lipinski definition) is 1. The van der Waals surface area contributed by atoms with Crippen molar-refractivity contribution in [1.82, 2.24) is 5.32 Å². The lowest BCUT2D eigenvalue weighted by Crippen LogP contribution is -2.40. The van der Waals surface area contributed by atoms with E-state index in [0.29, 0.717) is 11.3 Å². The molecule has 0 atom stereocenters. The first-order chi connectivity index (χ1) is 10.5. The van der Waals surface area contributed by atoms with E-state index < -0.39 is 5.41 Å². The van der Waals surface area contributed by atoms with E-state index in [9.17, 15) is 9.18 Å². The van der Waals surface area contributed by atoms with Gasteiger partial charge in [0.25, 0.3) is 0 Å². The summed E-state index contributed by atoms with van der Waals surface area (Å²) in [5.41, 5.74) is 0.480. The number of para-hydroxylation sites is 1. The third-order valence-electron chi connectivity index (χ3n) is 3.75. The molecule has 2 aromatic rings. The number of rotatable bonds is 5. The number of carbonyl (C=O) groups is 1. The fraction of sp³-hybridized carbons (Fsp3) is 0.278.